The Morgan fingerprint density at radius 1 is 0.885 bits per heavy atom. The maximum Gasteiger partial charge on any atom is -0.0130 e. The molecular weight excluding hydrogens is 312 g/mol. The van der Waals surface area contributed by atoms with Gasteiger partial charge in [0.2, 0.25) is 0 Å². The number of hydrogen-bond donors (Lipinski definition) is 0. The summed E-state index contributed by atoms with van der Waals surface area (Å²) in [5, 5.41) is 0. The zero-order chi connectivity index (χ0) is 18.6. The third-order valence-corrected chi connectivity index (χ3v) is 5.41. The Labute approximate surface area is 160 Å². The molecule has 0 aliphatic carbocycles. The quantitative estimate of drug-likeness (QED) is 0.363. The van der Waals surface area contributed by atoms with Crippen LogP contribution in [-0.2, 0) is 0 Å². The van der Waals surface area contributed by atoms with Gasteiger partial charge in [-0.05, 0) is 61.0 Å². The van der Waals surface area contributed by atoms with Crippen LogP contribution in [0.15, 0.2) is 85.5 Å². The molecule has 138 valence electrons. The largest absolute Gasteiger partial charge is 0.103 e. The topological polar surface area (TPSA) is 0 Å². The van der Waals surface area contributed by atoms with Gasteiger partial charge in [0.15, 0.2) is 0 Å². The summed E-state index contributed by atoms with van der Waals surface area (Å²) in [7, 11) is 0. The summed E-state index contributed by atoms with van der Waals surface area (Å²) in [6, 6.07) is 21.7. The van der Waals surface area contributed by atoms with Crippen molar-refractivity contribution in [3.05, 3.63) is 96.6 Å². The van der Waals surface area contributed by atoms with Crippen molar-refractivity contribution < 1.29 is 0 Å². The Hall–Kier alpha value is -2.08. The van der Waals surface area contributed by atoms with Gasteiger partial charge in [0.05, 0.1) is 0 Å². The molecule has 0 bridgehead atoms. The van der Waals surface area contributed by atoms with E-state index < -0.39 is 0 Å². The molecule has 2 rings (SSSR count). The molecule has 2 aromatic rings. The van der Waals surface area contributed by atoms with Crippen LogP contribution in [0.5, 0.6) is 0 Å². The standard InChI is InChI=1S/C26H34/c1-4-23(21-22(3)25-17-11-7-12-18-25)15-9-6-10-16-24(5-2)26-19-13-8-14-20-26/h4,6-8,10-14,17-20,22-24H,1,5,9,15-16,21H2,2-3H3/b10-6+. The lowest BCUT2D eigenvalue weighted by Gasteiger charge is -2.18. The molecule has 0 spiro atoms. The highest BCUT2D eigenvalue weighted by Crippen LogP contribution is 2.27. The van der Waals surface area contributed by atoms with Gasteiger partial charge in [-0.3, -0.25) is 0 Å². The molecule has 3 unspecified atom stereocenters. The average molecular weight is 347 g/mol. The molecule has 0 radical (unpaired) electrons. The average Bonchev–Trinajstić information content (AvgIpc) is 2.71. The Balaban J connectivity index is 1.76. The zero-order valence-electron chi connectivity index (χ0n) is 16.5. The molecule has 26 heavy (non-hydrogen) atoms. The van der Waals surface area contributed by atoms with Crippen LogP contribution in [0.2, 0.25) is 0 Å². The van der Waals surface area contributed by atoms with Crippen molar-refractivity contribution in [1.82, 2.24) is 0 Å². The van der Waals surface area contributed by atoms with Gasteiger partial charge in [-0.1, -0.05) is 92.7 Å². The monoisotopic (exact) mass is 346 g/mol. The molecule has 3 atom stereocenters. The van der Waals surface area contributed by atoms with Crippen LogP contribution in [0, 0.1) is 5.92 Å². The van der Waals surface area contributed by atoms with Crippen LogP contribution in [0.3, 0.4) is 0 Å². The number of allylic oxidation sites excluding steroid dienone is 3. The molecule has 0 fully saturated rings. The second kappa shape index (κ2) is 11.5. The smallest absolute Gasteiger partial charge is 0.0130 e. The SMILES string of the molecule is C=CC(CC/C=C/CC(CC)c1ccccc1)CC(C)c1ccccc1. The summed E-state index contributed by atoms with van der Waals surface area (Å²) in [4.78, 5) is 0. The Kier molecular flexibility index (Phi) is 8.96. The van der Waals surface area contributed by atoms with E-state index in [1.807, 2.05) is 0 Å². The lowest BCUT2D eigenvalue weighted by Crippen LogP contribution is -2.03. The van der Waals surface area contributed by atoms with E-state index in [1.165, 1.54) is 30.4 Å². The zero-order valence-corrected chi connectivity index (χ0v) is 16.5. The highest BCUT2D eigenvalue weighted by Gasteiger charge is 2.11. The van der Waals surface area contributed by atoms with Crippen molar-refractivity contribution in [3.63, 3.8) is 0 Å². The van der Waals surface area contributed by atoms with Gasteiger partial charge in [0.25, 0.3) is 0 Å². The third kappa shape index (κ3) is 6.67. The maximum atomic E-state index is 4.06. The van der Waals surface area contributed by atoms with Crippen molar-refractivity contribution in [2.24, 2.45) is 5.92 Å². The van der Waals surface area contributed by atoms with E-state index in [9.17, 15) is 0 Å². The molecule has 2 aromatic carbocycles. The number of benzene rings is 2. The summed E-state index contributed by atoms with van der Waals surface area (Å²) >= 11 is 0. The predicted octanol–water partition coefficient (Wildman–Crippen LogP) is 7.90. The molecule has 0 saturated carbocycles. The van der Waals surface area contributed by atoms with Gasteiger partial charge < -0.3 is 0 Å². The molecule has 0 aliphatic heterocycles. The van der Waals surface area contributed by atoms with Gasteiger partial charge in [-0.2, -0.15) is 0 Å². The van der Waals surface area contributed by atoms with E-state index in [2.05, 4.69) is 99.3 Å². The minimum Gasteiger partial charge on any atom is -0.103 e. The first-order valence-corrected chi connectivity index (χ1v) is 10.1. The van der Waals surface area contributed by atoms with Gasteiger partial charge in [0, 0.05) is 0 Å². The van der Waals surface area contributed by atoms with E-state index in [1.54, 1.807) is 0 Å². The second-order valence-electron chi connectivity index (χ2n) is 7.34. The van der Waals surface area contributed by atoms with Crippen LogP contribution in [0.1, 0.15) is 68.9 Å². The summed E-state index contributed by atoms with van der Waals surface area (Å²) < 4.78 is 0. The Morgan fingerprint density at radius 2 is 1.50 bits per heavy atom. The molecular formula is C26H34. The minimum atomic E-state index is 0.589. The third-order valence-electron chi connectivity index (χ3n) is 5.41. The van der Waals surface area contributed by atoms with Crippen LogP contribution in [0.25, 0.3) is 0 Å². The second-order valence-corrected chi connectivity index (χ2v) is 7.34. The number of rotatable bonds is 11. The fourth-order valence-electron chi connectivity index (χ4n) is 3.66. The Morgan fingerprint density at radius 3 is 2.08 bits per heavy atom. The predicted molar refractivity (Wildman–Crippen MR) is 116 cm³/mol. The molecule has 0 aliphatic rings. The summed E-state index contributed by atoms with van der Waals surface area (Å²) in [5.74, 6) is 1.82. The van der Waals surface area contributed by atoms with Crippen molar-refractivity contribution in [2.45, 2.75) is 57.8 Å². The van der Waals surface area contributed by atoms with E-state index >= 15 is 0 Å². The van der Waals surface area contributed by atoms with Crippen LogP contribution >= 0.6 is 0 Å². The molecule has 0 N–H and O–H groups in total. The van der Waals surface area contributed by atoms with Gasteiger partial charge in [-0.25, -0.2) is 0 Å². The van der Waals surface area contributed by atoms with E-state index in [0.29, 0.717) is 17.8 Å². The van der Waals surface area contributed by atoms with E-state index in [-0.39, 0.29) is 0 Å². The van der Waals surface area contributed by atoms with Gasteiger partial charge >= 0.3 is 0 Å². The summed E-state index contributed by atoms with van der Waals surface area (Å²) in [6.07, 6.45) is 12.7. The van der Waals surface area contributed by atoms with Crippen LogP contribution in [0.4, 0.5) is 0 Å². The fraction of sp³-hybridized carbons (Fsp3) is 0.385. The first-order chi connectivity index (χ1) is 12.7. The normalized spacial score (nSPS) is 14.8. The van der Waals surface area contributed by atoms with Crippen molar-refractivity contribution in [1.29, 1.82) is 0 Å². The van der Waals surface area contributed by atoms with Gasteiger partial charge in [0.1, 0.15) is 0 Å². The maximum absolute atomic E-state index is 4.06. The van der Waals surface area contributed by atoms with Crippen molar-refractivity contribution in [3.8, 4) is 0 Å². The Bertz CT molecular complexity index is 638. The van der Waals surface area contributed by atoms with Crippen LogP contribution < -0.4 is 0 Å². The molecule has 0 amide bonds. The summed E-state index contributed by atoms with van der Waals surface area (Å²) in [5.41, 5.74) is 2.89. The highest BCUT2D eigenvalue weighted by atomic mass is 14.2. The van der Waals surface area contributed by atoms with E-state index in [4.69, 9.17) is 0 Å². The number of hydrogen-bond acceptors (Lipinski definition) is 0. The lowest BCUT2D eigenvalue weighted by atomic mass is 9.87. The van der Waals surface area contributed by atoms with Crippen LogP contribution in [-0.4, -0.2) is 0 Å². The van der Waals surface area contributed by atoms with Crippen molar-refractivity contribution in [2.75, 3.05) is 0 Å². The molecule has 0 nitrogen and oxygen atoms in total. The summed E-state index contributed by atoms with van der Waals surface area (Å²) in [6.45, 7) is 8.67. The van der Waals surface area contributed by atoms with Gasteiger partial charge in [-0.15, -0.1) is 6.58 Å². The van der Waals surface area contributed by atoms with Crippen molar-refractivity contribution >= 4 is 0 Å². The molecule has 0 aromatic heterocycles. The lowest BCUT2D eigenvalue weighted by molar-refractivity contribution is 0.501. The first-order valence-electron chi connectivity index (χ1n) is 10.1. The highest BCUT2D eigenvalue weighted by molar-refractivity contribution is 5.20. The fourth-order valence-corrected chi connectivity index (χ4v) is 3.66. The molecule has 0 heterocycles. The van der Waals surface area contributed by atoms with E-state index in [0.717, 1.165) is 12.8 Å². The minimum absolute atomic E-state index is 0.589. The molecule has 0 heteroatoms. The first kappa shape index (κ1) is 20.2. The molecule has 0 saturated heterocycles.